The highest BCUT2D eigenvalue weighted by Gasteiger charge is 2.32. The van der Waals surface area contributed by atoms with Crippen LogP contribution in [0, 0.1) is 0 Å². The van der Waals surface area contributed by atoms with Crippen LogP contribution in [-0.4, -0.2) is 30.6 Å². The number of aromatic carboxylic acids is 1. The van der Waals surface area contributed by atoms with E-state index < -0.39 is 5.97 Å². The molecule has 142 valence electrons. The van der Waals surface area contributed by atoms with Gasteiger partial charge in [-0.25, -0.2) is 4.79 Å². The Hall–Kier alpha value is -2.82. The molecule has 0 saturated carbocycles. The van der Waals surface area contributed by atoms with Gasteiger partial charge in [0.15, 0.2) is 0 Å². The Kier molecular flexibility index (Phi) is 4.96. The lowest BCUT2D eigenvalue weighted by atomic mass is 9.87. The average Bonchev–Trinajstić information content (AvgIpc) is 3.02. The number of carbonyl (C=O) groups is 2. The van der Waals surface area contributed by atoms with Gasteiger partial charge in [-0.3, -0.25) is 4.79 Å². The lowest BCUT2D eigenvalue weighted by Gasteiger charge is -2.22. The molecule has 3 rings (SSSR count). The highest BCUT2D eigenvalue weighted by molar-refractivity contribution is 5.96. The number of ether oxygens (including phenoxy) is 1. The topological polar surface area (TPSA) is 66.8 Å². The average molecular weight is 367 g/mol. The summed E-state index contributed by atoms with van der Waals surface area (Å²) < 4.78 is 5.21. The van der Waals surface area contributed by atoms with Crippen molar-refractivity contribution in [3.63, 3.8) is 0 Å². The van der Waals surface area contributed by atoms with Crippen LogP contribution in [0.15, 0.2) is 42.5 Å². The first kappa shape index (κ1) is 19.0. The van der Waals surface area contributed by atoms with Crippen molar-refractivity contribution in [2.24, 2.45) is 0 Å². The lowest BCUT2D eigenvalue weighted by molar-refractivity contribution is -0.117. The molecule has 0 spiro atoms. The van der Waals surface area contributed by atoms with Gasteiger partial charge in [-0.15, -0.1) is 0 Å². The monoisotopic (exact) mass is 367 g/mol. The molecule has 0 aliphatic carbocycles. The van der Waals surface area contributed by atoms with Crippen molar-refractivity contribution >= 4 is 17.6 Å². The first-order valence-electron chi connectivity index (χ1n) is 9.03. The second-order valence-electron chi connectivity index (χ2n) is 7.97. The van der Waals surface area contributed by atoms with Crippen LogP contribution in [-0.2, 0) is 10.2 Å². The van der Waals surface area contributed by atoms with Crippen LogP contribution in [0.25, 0.3) is 0 Å². The van der Waals surface area contributed by atoms with E-state index >= 15 is 0 Å². The van der Waals surface area contributed by atoms with Gasteiger partial charge in [0.05, 0.1) is 7.11 Å². The predicted molar refractivity (Wildman–Crippen MR) is 105 cm³/mol. The number of hydrogen-bond donors (Lipinski definition) is 1. The second-order valence-corrected chi connectivity index (χ2v) is 7.97. The molecule has 1 N–H and O–H groups in total. The molecule has 1 fully saturated rings. The molecular weight excluding hydrogens is 342 g/mol. The number of hydrogen-bond acceptors (Lipinski definition) is 3. The first-order valence-corrected chi connectivity index (χ1v) is 9.03. The summed E-state index contributed by atoms with van der Waals surface area (Å²) >= 11 is 0. The lowest BCUT2D eigenvalue weighted by Crippen LogP contribution is -2.24. The third-order valence-corrected chi connectivity index (χ3v) is 5.10. The molecule has 0 radical (unpaired) electrons. The molecule has 5 nitrogen and oxygen atoms in total. The maximum absolute atomic E-state index is 12.6. The van der Waals surface area contributed by atoms with Crippen LogP contribution in [0.3, 0.4) is 0 Å². The van der Waals surface area contributed by atoms with E-state index in [0.717, 1.165) is 11.3 Å². The number of carboxylic acids is 1. The Labute approximate surface area is 159 Å². The summed E-state index contributed by atoms with van der Waals surface area (Å²) in [5.41, 5.74) is 3.23. The third-order valence-electron chi connectivity index (χ3n) is 5.10. The summed E-state index contributed by atoms with van der Waals surface area (Å²) in [4.78, 5) is 25.6. The minimum absolute atomic E-state index is 0.0107. The van der Waals surface area contributed by atoms with Crippen molar-refractivity contribution in [3.05, 3.63) is 59.2 Å². The first-order chi connectivity index (χ1) is 12.7. The fourth-order valence-electron chi connectivity index (χ4n) is 3.46. The molecule has 2 aromatic rings. The number of rotatable bonds is 4. The van der Waals surface area contributed by atoms with E-state index in [-0.39, 0.29) is 22.8 Å². The van der Waals surface area contributed by atoms with Crippen LogP contribution in [0.4, 0.5) is 5.69 Å². The maximum atomic E-state index is 12.6. The summed E-state index contributed by atoms with van der Waals surface area (Å²) in [5, 5.41) is 9.22. The number of anilines is 1. The number of amides is 1. The molecule has 0 unspecified atom stereocenters. The highest BCUT2D eigenvalue weighted by Crippen LogP contribution is 2.35. The van der Waals surface area contributed by atoms with E-state index in [0.29, 0.717) is 18.7 Å². The number of nitrogens with zero attached hydrogens (tertiary/aromatic N) is 1. The molecule has 1 atom stereocenters. The Balaban J connectivity index is 1.82. The smallest absolute Gasteiger partial charge is 0.339 e. The summed E-state index contributed by atoms with van der Waals surface area (Å²) in [6.45, 7) is 7.05. The third kappa shape index (κ3) is 3.82. The molecule has 5 heteroatoms. The molecule has 1 saturated heterocycles. The van der Waals surface area contributed by atoms with Gasteiger partial charge >= 0.3 is 5.97 Å². The summed E-state index contributed by atoms with van der Waals surface area (Å²) in [7, 11) is 1.45. The van der Waals surface area contributed by atoms with E-state index in [9.17, 15) is 14.7 Å². The van der Waals surface area contributed by atoms with Gasteiger partial charge in [-0.1, -0.05) is 39.0 Å². The van der Waals surface area contributed by atoms with Gasteiger partial charge in [0.1, 0.15) is 11.3 Å². The molecule has 1 aliphatic rings. The molecular formula is C22H25NO4. The van der Waals surface area contributed by atoms with Crippen LogP contribution in [0.2, 0.25) is 0 Å². The van der Waals surface area contributed by atoms with Gasteiger partial charge in [0.2, 0.25) is 5.91 Å². The van der Waals surface area contributed by atoms with Crippen molar-refractivity contribution in [2.75, 3.05) is 18.6 Å². The fraction of sp³-hybridized carbons (Fsp3) is 0.364. The van der Waals surface area contributed by atoms with Crippen molar-refractivity contribution in [1.29, 1.82) is 0 Å². The van der Waals surface area contributed by atoms with Gasteiger partial charge in [-0.05, 0) is 40.8 Å². The number of carbonyl (C=O) groups excluding carboxylic acids is 1. The zero-order valence-electron chi connectivity index (χ0n) is 16.2. The molecule has 1 amide bonds. The van der Waals surface area contributed by atoms with Gasteiger partial charge in [-0.2, -0.15) is 0 Å². The number of methoxy groups -OCH3 is 1. The van der Waals surface area contributed by atoms with Crippen molar-refractivity contribution in [2.45, 2.75) is 38.5 Å². The van der Waals surface area contributed by atoms with Gasteiger partial charge < -0.3 is 14.7 Å². The van der Waals surface area contributed by atoms with E-state index in [1.807, 2.05) is 12.1 Å². The van der Waals surface area contributed by atoms with Crippen LogP contribution >= 0.6 is 0 Å². The van der Waals surface area contributed by atoms with Crippen LogP contribution in [0.1, 0.15) is 54.6 Å². The summed E-state index contributed by atoms with van der Waals surface area (Å²) in [6, 6.07) is 13.2. The van der Waals surface area contributed by atoms with E-state index in [1.165, 1.54) is 12.7 Å². The minimum Gasteiger partial charge on any atom is -0.496 e. The normalized spacial score (nSPS) is 17.3. The van der Waals surface area contributed by atoms with E-state index in [1.54, 1.807) is 23.1 Å². The van der Waals surface area contributed by atoms with Crippen molar-refractivity contribution < 1.29 is 19.4 Å². The Morgan fingerprint density at radius 3 is 2.37 bits per heavy atom. The molecule has 1 heterocycles. The zero-order valence-corrected chi connectivity index (χ0v) is 16.2. The standard InChI is InChI=1S/C22H25NO4/c1-22(2,3)16-6-8-17(9-7-16)23-13-15(12-20(23)24)14-5-10-18(21(25)26)19(11-14)27-4/h5-11,15H,12-13H2,1-4H3,(H,25,26)/t15-/m1/s1. The Morgan fingerprint density at radius 1 is 1.15 bits per heavy atom. The maximum Gasteiger partial charge on any atom is 0.339 e. The quantitative estimate of drug-likeness (QED) is 0.879. The fourth-order valence-corrected chi connectivity index (χ4v) is 3.46. The van der Waals surface area contributed by atoms with E-state index in [2.05, 4.69) is 32.9 Å². The Bertz CT molecular complexity index is 865. The van der Waals surface area contributed by atoms with Crippen molar-refractivity contribution in [3.8, 4) is 5.75 Å². The van der Waals surface area contributed by atoms with Crippen molar-refractivity contribution in [1.82, 2.24) is 0 Å². The summed E-state index contributed by atoms with van der Waals surface area (Å²) in [5.74, 6) is -0.622. The molecule has 2 aromatic carbocycles. The predicted octanol–water partition coefficient (Wildman–Crippen LogP) is 4.21. The van der Waals surface area contributed by atoms with Crippen LogP contribution < -0.4 is 9.64 Å². The van der Waals surface area contributed by atoms with Gasteiger partial charge in [0, 0.05) is 24.6 Å². The second kappa shape index (κ2) is 7.06. The SMILES string of the molecule is COc1cc([C@@H]2CC(=O)N(c3ccc(C(C)(C)C)cc3)C2)ccc1C(=O)O. The van der Waals surface area contributed by atoms with E-state index in [4.69, 9.17) is 4.74 Å². The number of benzene rings is 2. The van der Waals surface area contributed by atoms with Crippen LogP contribution in [0.5, 0.6) is 5.75 Å². The highest BCUT2D eigenvalue weighted by atomic mass is 16.5. The molecule has 0 bridgehead atoms. The number of carboxylic acid groups (broad SMARTS) is 1. The Morgan fingerprint density at radius 2 is 1.81 bits per heavy atom. The molecule has 0 aromatic heterocycles. The molecule has 27 heavy (non-hydrogen) atoms. The molecule has 1 aliphatic heterocycles. The van der Waals surface area contributed by atoms with Gasteiger partial charge in [0.25, 0.3) is 0 Å². The largest absolute Gasteiger partial charge is 0.496 e. The summed E-state index contributed by atoms with van der Waals surface area (Å²) in [6.07, 6.45) is 0.399. The zero-order chi connectivity index (χ0) is 19.8. The minimum atomic E-state index is -1.03.